The van der Waals surface area contributed by atoms with E-state index in [1.807, 2.05) is 24.3 Å². The van der Waals surface area contributed by atoms with Crippen LogP contribution in [-0.4, -0.2) is 68.8 Å². The summed E-state index contributed by atoms with van der Waals surface area (Å²) < 4.78 is 11.0. The summed E-state index contributed by atoms with van der Waals surface area (Å²) >= 11 is 0. The minimum Gasteiger partial charge on any atom is -0.497 e. The number of rotatable bonds is 11. The molecule has 2 aromatic carbocycles. The topological polar surface area (TPSA) is 66.9 Å². The van der Waals surface area contributed by atoms with Crippen molar-refractivity contribution in [2.24, 2.45) is 0 Å². The smallest absolute Gasteiger partial charge is 0.222 e. The number of methoxy groups -OCH3 is 1. The third kappa shape index (κ3) is 7.28. The van der Waals surface area contributed by atoms with E-state index in [4.69, 9.17) is 9.47 Å². The largest absolute Gasteiger partial charge is 0.497 e. The summed E-state index contributed by atoms with van der Waals surface area (Å²) in [4.78, 5) is 20.9. The van der Waals surface area contributed by atoms with Crippen molar-refractivity contribution in [1.82, 2.24) is 15.2 Å². The Morgan fingerprint density at radius 1 is 0.943 bits per heavy atom. The van der Waals surface area contributed by atoms with Crippen LogP contribution in [0.5, 0.6) is 5.75 Å². The highest BCUT2D eigenvalue weighted by molar-refractivity contribution is 5.79. The number of ether oxygens (including phenoxy) is 2. The number of hydrogen-bond donors (Lipinski definition) is 1. The lowest BCUT2D eigenvalue weighted by Crippen LogP contribution is -2.47. The molecule has 1 fully saturated rings. The van der Waals surface area contributed by atoms with Crippen molar-refractivity contribution < 1.29 is 14.3 Å². The molecule has 2 heterocycles. The second-order valence-corrected chi connectivity index (χ2v) is 8.57. The van der Waals surface area contributed by atoms with Crippen LogP contribution in [0.1, 0.15) is 12.0 Å². The van der Waals surface area contributed by atoms with Crippen molar-refractivity contribution in [3.05, 3.63) is 78.6 Å². The van der Waals surface area contributed by atoms with Gasteiger partial charge in [-0.1, -0.05) is 30.3 Å². The average Bonchev–Trinajstić information content (AvgIpc) is 2.93. The standard InChI is InChI=1S/C28H34N4O3/c1-34-25-8-6-24(7-9-25)26-4-2-3-5-27(26)32-17-15-31(16-18-32)19-21-35-20-12-28(33)30-22-23-10-13-29-14-11-23/h2-11,13-14H,12,15-22H2,1H3,(H,30,33). The number of amides is 1. The number of para-hydroxylation sites is 1. The third-order valence-electron chi connectivity index (χ3n) is 6.28. The van der Waals surface area contributed by atoms with Gasteiger partial charge in [-0.25, -0.2) is 0 Å². The van der Waals surface area contributed by atoms with Gasteiger partial charge in [-0.3, -0.25) is 14.7 Å². The molecule has 1 amide bonds. The molecule has 0 atom stereocenters. The zero-order valence-electron chi connectivity index (χ0n) is 20.4. The number of carbonyl (C=O) groups is 1. The maximum atomic E-state index is 12.0. The van der Waals surface area contributed by atoms with Crippen LogP contribution < -0.4 is 15.0 Å². The number of nitrogens with one attached hydrogen (secondary N) is 1. The van der Waals surface area contributed by atoms with Gasteiger partial charge < -0.3 is 19.7 Å². The molecule has 0 unspecified atom stereocenters. The van der Waals surface area contributed by atoms with Crippen molar-refractivity contribution in [1.29, 1.82) is 0 Å². The molecule has 184 valence electrons. The van der Waals surface area contributed by atoms with Crippen LogP contribution in [0.25, 0.3) is 11.1 Å². The van der Waals surface area contributed by atoms with Crippen molar-refractivity contribution in [2.45, 2.75) is 13.0 Å². The van der Waals surface area contributed by atoms with E-state index in [-0.39, 0.29) is 5.91 Å². The molecule has 0 bridgehead atoms. The molecule has 4 rings (SSSR count). The summed E-state index contributed by atoms with van der Waals surface area (Å²) in [7, 11) is 1.69. The SMILES string of the molecule is COc1ccc(-c2ccccc2N2CCN(CCOCCC(=O)NCc3ccncc3)CC2)cc1. The van der Waals surface area contributed by atoms with Crippen molar-refractivity contribution in [3.63, 3.8) is 0 Å². The first-order valence-electron chi connectivity index (χ1n) is 12.2. The van der Waals surface area contributed by atoms with Crippen LogP contribution in [0.3, 0.4) is 0 Å². The number of piperazine rings is 1. The van der Waals surface area contributed by atoms with Gasteiger partial charge in [0, 0.05) is 69.3 Å². The molecular weight excluding hydrogens is 440 g/mol. The molecule has 1 aliphatic rings. The van der Waals surface area contributed by atoms with E-state index in [1.54, 1.807) is 19.5 Å². The number of aromatic nitrogens is 1. The van der Waals surface area contributed by atoms with E-state index < -0.39 is 0 Å². The van der Waals surface area contributed by atoms with E-state index in [0.717, 1.165) is 44.0 Å². The second-order valence-electron chi connectivity index (χ2n) is 8.57. The fourth-order valence-corrected chi connectivity index (χ4v) is 4.23. The predicted molar refractivity (Wildman–Crippen MR) is 139 cm³/mol. The summed E-state index contributed by atoms with van der Waals surface area (Å²) in [5.74, 6) is 0.874. The zero-order chi connectivity index (χ0) is 24.3. The lowest BCUT2D eigenvalue weighted by molar-refractivity contribution is -0.122. The van der Waals surface area contributed by atoms with Gasteiger partial charge in [0.1, 0.15) is 5.75 Å². The highest BCUT2D eigenvalue weighted by Gasteiger charge is 2.19. The number of hydrogen-bond acceptors (Lipinski definition) is 6. The summed E-state index contributed by atoms with van der Waals surface area (Å²) in [6.07, 6.45) is 3.83. The van der Waals surface area contributed by atoms with Crippen molar-refractivity contribution >= 4 is 11.6 Å². The summed E-state index contributed by atoms with van der Waals surface area (Å²) in [6.45, 7) is 6.42. The second kappa shape index (κ2) is 12.9. The van der Waals surface area contributed by atoms with Gasteiger partial charge in [0.2, 0.25) is 5.91 Å². The summed E-state index contributed by atoms with van der Waals surface area (Å²) in [6, 6.07) is 20.6. The Bertz CT molecular complexity index is 1050. The van der Waals surface area contributed by atoms with Crippen LogP contribution in [0, 0.1) is 0 Å². The predicted octanol–water partition coefficient (Wildman–Crippen LogP) is 3.60. The van der Waals surface area contributed by atoms with E-state index in [2.05, 4.69) is 56.5 Å². The van der Waals surface area contributed by atoms with Gasteiger partial charge in [0.05, 0.1) is 20.3 Å². The van der Waals surface area contributed by atoms with Crippen LogP contribution in [0.4, 0.5) is 5.69 Å². The van der Waals surface area contributed by atoms with E-state index >= 15 is 0 Å². The quantitative estimate of drug-likeness (QED) is 0.429. The number of anilines is 1. The lowest BCUT2D eigenvalue weighted by atomic mass is 10.0. The maximum absolute atomic E-state index is 12.0. The van der Waals surface area contributed by atoms with Gasteiger partial charge >= 0.3 is 0 Å². The first-order chi connectivity index (χ1) is 17.2. The monoisotopic (exact) mass is 474 g/mol. The first kappa shape index (κ1) is 24.7. The van der Waals surface area contributed by atoms with Gasteiger partial charge in [-0.05, 0) is 41.5 Å². The van der Waals surface area contributed by atoms with Crippen LogP contribution in [0.15, 0.2) is 73.1 Å². The number of pyridine rings is 1. The normalized spacial score (nSPS) is 14.0. The van der Waals surface area contributed by atoms with E-state index in [9.17, 15) is 4.79 Å². The van der Waals surface area contributed by atoms with Crippen LogP contribution in [-0.2, 0) is 16.1 Å². The van der Waals surface area contributed by atoms with E-state index in [1.165, 1.54) is 16.8 Å². The molecule has 1 N–H and O–H groups in total. The molecule has 0 spiro atoms. The molecule has 1 aliphatic heterocycles. The Morgan fingerprint density at radius 2 is 1.69 bits per heavy atom. The van der Waals surface area contributed by atoms with E-state index in [0.29, 0.717) is 26.2 Å². The Balaban J connectivity index is 1.16. The summed E-state index contributed by atoms with van der Waals surface area (Å²) in [5, 5.41) is 2.91. The van der Waals surface area contributed by atoms with Crippen LogP contribution in [0.2, 0.25) is 0 Å². The molecule has 1 saturated heterocycles. The molecule has 7 nitrogen and oxygen atoms in total. The van der Waals surface area contributed by atoms with Gasteiger partial charge in [-0.15, -0.1) is 0 Å². The van der Waals surface area contributed by atoms with Crippen molar-refractivity contribution in [2.75, 3.05) is 57.9 Å². The Morgan fingerprint density at radius 3 is 2.43 bits per heavy atom. The van der Waals surface area contributed by atoms with Crippen LogP contribution >= 0.6 is 0 Å². The Labute approximate surface area is 207 Å². The van der Waals surface area contributed by atoms with Gasteiger partial charge in [-0.2, -0.15) is 0 Å². The number of benzene rings is 2. The fraction of sp³-hybridized carbons (Fsp3) is 0.357. The van der Waals surface area contributed by atoms with Crippen molar-refractivity contribution in [3.8, 4) is 16.9 Å². The zero-order valence-corrected chi connectivity index (χ0v) is 20.4. The molecule has 3 aromatic rings. The van der Waals surface area contributed by atoms with Gasteiger partial charge in [0.25, 0.3) is 0 Å². The Kier molecular flexibility index (Phi) is 9.09. The minimum absolute atomic E-state index is 0.00551. The lowest BCUT2D eigenvalue weighted by Gasteiger charge is -2.37. The molecule has 35 heavy (non-hydrogen) atoms. The number of carbonyl (C=O) groups excluding carboxylic acids is 1. The molecular formula is C28H34N4O3. The van der Waals surface area contributed by atoms with Gasteiger partial charge in [0.15, 0.2) is 0 Å². The molecule has 0 saturated carbocycles. The molecule has 7 heteroatoms. The highest BCUT2D eigenvalue weighted by Crippen LogP contribution is 2.32. The third-order valence-corrected chi connectivity index (χ3v) is 6.28. The number of nitrogens with zero attached hydrogens (tertiary/aromatic N) is 3. The average molecular weight is 475 g/mol. The first-order valence-corrected chi connectivity index (χ1v) is 12.2. The molecule has 0 aliphatic carbocycles. The summed E-state index contributed by atoms with van der Waals surface area (Å²) in [5.41, 5.74) is 4.75. The maximum Gasteiger partial charge on any atom is 0.222 e. The fourth-order valence-electron chi connectivity index (χ4n) is 4.23. The highest BCUT2D eigenvalue weighted by atomic mass is 16.5. The molecule has 0 radical (unpaired) electrons. The molecule has 1 aromatic heterocycles. The minimum atomic E-state index is 0.00551. The Hall–Kier alpha value is -3.42.